The van der Waals surface area contributed by atoms with Crippen LogP contribution in [0.2, 0.25) is 0 Å². The highest BCUT2D eigenvalue weighted by atomic mass is 19.3. The Bertz CT molecular complexity index is 448. The zero-order valence-electron chi connectivity index (χ0n) is 11.2. The summed E-state index contributed by atoms with van der Waals surface area (Å²) in [5, 5.41) is 5.96. The van der Waals surface area contributed by atoms with Crippen LogP contribution in [0.25, 0.3) is 0 Å². The van der Waals surface area contributed by atoms with Crippen LogP contribution in [0, 0.1) is 0 Å². The van der Waals surface area contributed by atoms with Gasteiger partial charge in [-0.15, -0.1) is 0 Å². The monoisotopic (exact) mass is 295 g/mol. The van der Waals surface area contributed by atoms with Gasteiger partial charge in [-0.3, -0.25) is 9.48 Å². The van der Waals surface area contributed by atoms with Crippen molar-refractivity contribution in [3.05, 3.63) is 17.5 Å². The van der Waals surface area contributed by atoms with E-state index in [0.717, 1.165) is 12.8 Å². The lowest BCUT2D eigenvalue weighted by Crippen LogP contribution is -2.33. The van der Waals surface area contributed by atoms with Gasteiger partial charge < -0.3 is 5.32 Å². The van der Waals surface area contributed by atoms with Crippen molar-refractivity contribution in [1.29, 1.82) is 0 Å². The molecular weight excluding hydrogens is 278 g/mol. The summed E-state index contributed by atoms with van der Waals surface area (Å²) < 4.78 is 51.3. The summed E-state index contributed by atoms with van der Waals surface area (Å²) in [5.74, 6) is -0.524. The van der Waals surface area contributed by atoms with Gasteiger partial charge in [-0.2, -0.15) is 5.10 Å². The number of unbranched alkanes of at least 4 members (excludes halogenated alkanes) is 1. The maximum atomic E-state index is 12.8. The van der Waals surface area contributed by atoms with Crippen molar-refractivity contribution < 1.29 is 22.4 Å². The molecule has 0 spiro atoms. The third-order valence-electron chi connectivity index (χ3n) is 2.81. The first-order valence-electron chi connectivity index (χ1n) is 6.31. The summed E-state index contributed by atoms with van der Waals surface area (Å²) >= 11 is 0. The Balaban J connectivity index is 2.90. The van der Waals surface area contributed by atoms with Gasteiger partial charge >= 0.3 is 0 Å². The van der Waals surface area contributed by atoms with E-state index in [0.29, 0.717) is 17.3 Å². The molecule has 114 valence electrons. The molecule has 0 bridgehead atoms. The van der Waals surface area contributed by atoms with Gasteiger partial charge in [0.25, 0.3) is 12.9 Å². The van der Waals surface area contributed by atoms with Crippen LogP contribution in [-0.4, -0.2) is 22.2 Å². The minimum atomic E-state index is -2.97. The average molecular weight is 295 g/mol. The van der Waals surface area contributed by atoms with Gasteiger partial charge in [-0.05, 0) is 19.4 Å². The van der Waals surface area contributed by atoms with Crippen LogP contribution in [0.1, 0.15) is 57.0 Å². The number of nitrogens with one attached hydrogen (secondary N) is 1. The molecule has 4 nitrogen and oxygen atoms in total. The fraction of sp³-hybridized carbons (Fsp3) is 0.667. The van der Waals surface area contributed by atoms with Gasteiger partial charge in [0.1, 0.15) is 17.4 Å². The molecule has 0 radical (unpaired) electrons. The predicted molar refractivity (Wildman–Crippen MR) is 64.8 cm³/mol. The van der Waals surface area contributed by atoms with E-state index >= 15 is 0 Å². The molecule has 1 aromatic rings. The normalized spacial score (nSPS) is 13.0. The van der Waals surface area contributed by atoms with Crippen LogP contribution in [-0.2, 0) is 4.79 Å². The maximum absolute atomic E-state index is 12.8. The number of halogens is 4. The van der Waals surface area contributed by atoms with Gasteiger partial charge in [-0.25, -0.2) is 17.6 Å². The Morgan fingerprint density at radius 3 is 2.50 bits per heavy atom. The molecule has 0 fully saturated rings. The smallest absolute Gasteiger partial charge is 0.282 e. The molecule has 1 heterocycles. The third-order valence-corrected chi connectivity index (χ3v) is 2.81. The number of alkyl halides is 4. The van der Waals surface area contributed by atoms with Crippen molar-refractivity contribution in [1.82, 2.24) is 15.1 Å². The van der Waals surface area contributed by atoms with Crippen molar-refractivity contribution in [2.75, 3.05) is 6.54 Å². The van der Waals surface area contributed by atoms with E-state index in [2.05, 4.69) is 10.4 Å². The molecule has 1 rings (SSSR count). The molecule has 0 aliphatic carbocycles. The number of amides is 1. The zero-order chi connectivity index (χ0) is 15.3. The Kier molecular flexibility index (Phi) is 5.97. The molecule has 8 heteroatoms. The van der Waals surface area contributed by atoms with Gasteiger partial charge in [0, 0.05) is 6.54 Å². The molecule has 1 amide bonds. The van der Waals surface area contributed by atoms with E-state index < -0.39 is 36.2 Å². The lowest BCUT2D eigenvalue weighted by atomic mass is 10.2. The van der Waals surface area contributed by atoms with Gasteiger partial charge in [0.2, 0.25) is 5.91 Å². The van der Waals surface area contributed by atoms with Crippen molar-refractivity contribution in [3.8, 4) is 0 Å². The van der Waals surface area contributed by atoms with Crippen molar-refractivity contribution in [2.24, 2.45) is 0 Å². The van der Waals surface area contributed by atoms with E-state index in [-0.39, 0.29) is 0 Å². The van der Waals surface area contributed by atoms with E-state index in [1.807, 2.05) is 6.92 Å². The minimum absolute atomic E-state index is 0.409. The third kappa shape index (κ3) is 3.94. The van der Waals surface area contributed by atoms with Crippen molar-refractivity contribution in [3.63, 3.8) is 0 Å². The first kappa shape index (κ1) is 16.5. The zero-order valence-corrected chi connectivity index (χ0v) is 11.2. The summed E-state index contributed by atoms with van der Waals surface area (Å²) in [5.41, 5.74) is -1.44. The molecule has 1 unspecified atom stereocenters. The number of nitrogens with zero attached hydrogens (tertiary/aromatic N) is 2. The number of aromatic nitrogens is 2. The topological polar surface area (TPSA) is 46.9 Å². The second-order valence-corrected chi connectivity index (χ2v) is 4.36. The maximum Gasteiger partial charge on any atom is 0.282 e. The molecule has 0 saturated heterocycles. The first-order chi connectivity index (χ1) is 9.38. The summed E-state index contributed by atoms with van der Waals surface area (Å²) in [4.78, 5) is 11.8. The lowest BCUT2D eigenvalue weighted by molar-refractivity contribution is -0.124. The second kappa shape index (κ2) is 7.25. The molecule has 1 atom stereocenters. The predicted octanol–water partition coefficient (Wildman–Crippen LogP) is 3.24. The fourth-order valence-electron chi connectivity index (χ4n) is 1.66. The second-order valence-electron chi connectivity index (χ2n) is 4.36. The standard InChI is InChI=1S/C12H17F4N3O/c1-3-4-5-17-12(20)7(2)19-9(11(15)16)6-8(18-19)10(13)14/h6-7,10-11H,3-5H2,1-2H3,(H,17,20). The number of hydrogen-bond acceptors (Lipinski definition) is 2. The van der Waals surface area contributed by atoms with E-state index in [1.54, 1.807) is 0 Å². The molecular formula is C12H17F4N3O. The van der Waals surface area contributed by atoms with Crippen LogP contribution in [0.3, 0.4) is 0 Å². The highest BCUT2D eigenvalue weighted by Crippen LogP contribution is 2.27. The Hall–Kier alpha value is -1.60. The molecule has 1 aromatic heterocycles. The average Bonchev–Trinajstić information content (AvgIpc) is 2.83. The Morgan fingerprint density at radius 1 is 1.35 bits per heavy atom. The highest BCUT2D eigenvalue weighted by Gasteiger charge is 2.26. The fourth-order valence-corrected chi connectivity index (χ4v) is 1.66. The molecule has 0 aromatic carbocycles. The minimum Gasteiger partial charge on any atom is -0.354 e. The van der Waals surface area contributed by atoms with Crippen molar-refractivity contribution >= 4 is 5.91 Å². The van der Waals surface area contributed by atoms with Crippen molar-refractivity contribution in [2.45, 2.75) is 45.6 Å². The number of hydrogen-bond donors (Lipinski definition) is 1. The summed E-state index contributed by atoms with van der Waals surface area (Å²) in [6, 6.07) is -0.436. The number of rotatable bonds is 7. The lowest BCUT2D eigenvalue weighted by Gasteiger charge is -2.15. The molecule has 20 heavy (non-hydrogen) atoms. The van der Waals surface area contributed by atoms with E-state index in [4.69, 9.17) is 0 Å². The summed E-state index contributed by atoms with van der Waals surface area (Å²) in [7, 11) is 0. The summed E-state index contributed by atoms with van der Waals surface area (Å²) in [6.07, 6.45) is -4.31. The van der Waals surface area contributed by atoms with Crippen LogP contribution in [0.5, 0.6) is 0 Å². The molecule has 0 aliphatic heterocycles. The molecule has 0 aliphatic rings. The largest absolute Gasteiger partial charge is 0.354 e. The Morgan fingerprint density at radius 2 is 2.00 bits per heavy atom. The number of carbonyl (C=O) groups excluding carboxylic acids is 1. The molecule has 1 N–H and O–H groups in total. The quantitative estimate of drug-likeness (QED) is 0.620. The SMILES string of the molecule is CCCCNC(=O)C(C)n1nc(C(F)F)cc1C(F)F. The van der Waals surface area contributed by atoms with E-state index in [9.17, 15) is 22.4 Å². The Labute approximate surface area is 114 Å². The van der Waals surface area contributed by atoms with Crippen LogP contribution >= 0.6 is 0 Å². The molecule has 0 saturated carbocycles. The van der Waals surface area contributed by atoms with Gasteiger partial charge in [-0.1, -0.05) is 13.3 Å². The van der Waals surface area contributed by atoms with Crippen LogP contribution < -0.4 is 5.32 Å². The number of carbonyl (C=O) groups is 1. The van der Waals surface area contributed by atoms with Gasteiger partial charge in [0.05, 0.1) is 0 Å². The first-order valence-corrected chi connectivity index (χ1v) is 6.31. The van der Waals surface area contributed by atoms with Crippen LogP contribution in [0.4, 0.5) is 17.6 Å². The highest BCUT2D eigenvalue weighted by molar-refractivity contribution is 5.79. The van der Waals surface area contributed by atoms with E-state index in [1.165, 1.54) is 6.92 Å². The summed E-state index contributed by atoms with van der Waals surface area (Å²) in [6.45, 7) is 3.69. The van der Waals surface area contributed by atoms with Crippen LogP contribution in [0.15, 0.2) is 6.07 Å². The van der Waals surface area contributed by atoms with Gasteiger partial charge in [0.15, 0.2) is 0 Å².